The largest absolute Gasteiger partial charge is 0.508 e. The number of thiophene rings is 1. The van der Waals surface area contributed by atoms with E-state index < -0.39 is 12.0 Å². The summed E-state index contributed by atoms with van der Waals surface area (Å²) in [6, 6.07) is 10.0. The molecule has 1 aromatic heterocycles. The molecule has 0 spiro atoms. The molecule has 1 aromatic carbocycles. The molecule has 0 bridgehead atoms. The van der Waals surface area contributed by atoms with E-state index in [1.54, 1.807) is 35.6 Å². The minimum absolute atomic E-state index is 0.154. The molecule has 0 amide bonds. The van der Waals surface area contributed by atoms with Crippen LogP contribution in [-0.2, 0) is 11.3 Å². The Kier molecular flexibility index (Phi) is 5.50. The first-order valence-electron chi connectivity index (χ1n) is 8.14. The van der Waals surface area contributed by atoms with Crippen LogP contribution in [0.2, 0.25) is 0 Å². The van der Waals surface area contributed by atoms with E-state index in [1.807, 2.05) is 4.90 Å². The summed E-state index contributed by atoms with van der Waals surface area (Å²) in [6.45, 7) is 4.26. The van der Waals surface area contributed by atoms with Crippen LogP contribution in [0.1, 0.15) is 22.9 Å². The number of hydrogen-bond acceptors (Lipinski definition) is 5. The average Bonchev–Trinajstić information content (AvgIpc) is 2.96. The van der Waals surface area contributed by atoms with E-state index in [9.17, 15) is 15.0 Å². The number of phenolic OH excluding ortho intramolecular Hbond substituents is 1. The molecule has 6 heteroatoms. The van der Waals surface area contributed by atoms with E-state index >= 15 is 0 Å². The number of rotatable bonds is 5. The Morgan fingerprint density at radius 1 is 1.12 bits per heavy atom. The Hall–Kier alpha value is -1.89. The number of carboxylic acid groups (broad SMARTS) is 1. The molecule has 2 heterocycles. The van der Waals surface area contributed by atoms with E-state index in [4.69, 9.17) is 0 Å². The second kappa shape index (κ2) is 7.79. The molecule has 24 heavy (non-hydrogen) atoms. The van der Waals surface area contributed by atoms with Crippen LogP contribution in [0, 0.1) is 0 Å². The van der Waals surface area contributed by atoms with Crippen LogP contribution < -0.4 is 0 Å². The minimum Gasteiger partial charge on any atom is -0.508 e. The zero-order valence-corrected chi connectivity index (χ0v) is 14.3. The summed E-state index contributed by atoms with van der Waals surface area (Å²) in [5.74, 6) is -0.687. The predicted octanol–water partition coefficient (Wildman–Crippen LogP) is 2.79. The van der Waals surface area contributed by atoms with E-state index in [0.29, 0.717) is 5.56 Å². The van der Waals surface area contributed by atoms with Gasteiger partial charge in [0, 0.05) is 31.1 Å². The molecule has 2 N–H and O–H groups in total. The van der Waals surface area contributed by atoms with Gasteiger partial charge >= 0.3 is 5.97 Å². The fraction of sp³-hybridized carbons (Fsp3) is 0.389. The van der Waals surface area contributed by atoms with Crippen molar-refractivity contribution in [3.63, 3.8) is 0 Å². The predicted molar refractivity (Wildman–Crippen MR) is 94.3 cm³/mol. The highest BCUT2D eigenvalue weighted by Crippen LogP contribution is 2.25. The maximum Gasteiger partial charge on any atom is 0.325 e. The van der Waals surface area contributed by atoms with Crippen molar-refractivity contribution in [3.05, 3.63) is 52.2 Å². The lowest BCUT2D eigenvalue weighted by Gasteiger charge is -2.28. The third-order valence-electron chi connectivity index (χ3n) is 4.39. The number of benzene rings is 1. The van der Waals surface area contributed by atoms with E-state index in [0.717, 1.165) is 39.1 Å². The molecule has 0 aliphatic carbocycles. The summed E-state index contributed by atoms with van der Waals surface area (Å²) < 4.78 is 0. The summed E-state index contributed by atoms with van der Waals surface area (Å²) in [5, 5.41) is 21.2. The first-order chi connectivity index (χ1) is 11.6. The van der Waals surface area contributed by atoms with Gasteiger partial charge in [-0.05, 0) is 42.1 Å². The fourth-order valence-electron chi connectivity index (χ4n) is 3.20. The van der Waals surface area contributed by atoms with Gasteiger partial charge in [0.25, 0.3) is 0 Å². The number of carboxylic acids is 1. The van der Waals surface area contributed by atoms with E-state index in [1.165, 1.54) is 4.88 Å². The molecule has 1 aliphatic heterocycles. The fourth-order valence-corrected chi connectivity index (χ4v) is 3.94. The number of phenols is 1. The van der Waals surface area contributed by atoms with Gasteiger partial charge in [0.15, 0.2) is 0 Å². The first kappa shape index (κ1) is 17.0. The van der Waals surface area contributed by atoms with E-state index in [2.05, 4.69) is 22.4 Å². The Bertz CT molecular complexity index is 657. The van der Waals surface area contributed by atoms with Crippen molar-refractivity contribution in [1.82, 2.24) is 9.80 Å². The van der Waals surface area contributed by atoms with E-state index in [-0.39, 0.29) is 5.75 Å². The maximum absolute atomic E-state index is 11.8. The summed E-state index contributed by atoms with van der Waals surface area (Å²) in [5.41, 5.74) is 0.715. The highest BCUT2D eigenvalue weighted by molar-refractivity contribution is 7.09. The average molecular weight is 346 g/mol. The number of nitrogens with zero attached hydrogens (tertiary/aromatic N) is 2. The van der Waals surface area contributed by atoms with Gasteiger partial charge in [-0.25, -0.2) is 0 Å². The third kappa shape index (κ3) is 4.14. The monoisotopic (exact) mass is 346 g/mol. The van der Waals surface area contributed by atoms with Crippen molar-refractivity contribution in [2.24, 2.45) is 0 Å². The summed E-state index contributed by atoms with van der Waals surface area (Å²) in [7, 11) is 0. The smallest absolute Gasteiger partial charge is 0.325 e. The molecular weight excluding hydrogens is 324 g/mol. The molecule has 5 nitrogen and oxygen atoms in total. The Morgan fingerprint density at radius 3 is 2.58 bits per heavy atom. The zero-order valence-electron chi connectivity index (χ0n) is 13.5. The van der Waals surface area contributed by atoms with Crippen LogP contribution in [-0.4, -0.2) is 52.2 Å². The molecule has 1 unspecified atom stereocenters. The summed E-state index contributed by atoms with van der Waals surface area (Å²) in [6.07, 6.45) is 0.952. The van der Waals surface area contributed by atoms with Gasteiger partial charge in [0.2, 0.25) is 0 Å². The molecule has 0 saturated carbocycles. The zero-order chi connectivity index (χ0) is 16.9. The number of aliphatic carboxylic acids is 1. The van der Waals surface area contributed by atoms with Gasteiger partial charge in [0.1, 0.15) is 11.8 Å². The Morgan fingerprint density at radius 2 is 1.92 bits per heavy atom. The van der Waals surface area contributed by atoms with Crippen LogP contribution in [0.5, 0.6) is 5.75 Å². The molecule has 2 aromatic rings. The van der Waals surface area contributed by atoms with Gasteiger partial charge in [-0.15, -0.1) is 11.3 Å². The second-order valence-corrected chi connectivity index (χ2v) is 7.11. The van der Waals surface area contributed by atoms with Crippen molar-refractivity contribution < 1.29 is 15.0 Å². The van der Waals surface area contributed by atoms with Crippen LogP contribution in [0.25, 0.3) is 0 Å². The Balaban J connectivity index is 1.68. The summed E-state index contributed by atoms with van der Waals surface area (Å²) >= 11 is 1.76. The minimum atomic E-state index is -0.840. The molecule has 1 atom stereocenters. The highest BCUT2D eigenvalue weighted by Gasteiger charge is 2.29. The van der Waals surface area contributed by atoms with Crippen LogP contribution >= 0.6 is 11.3 Å². The maximum atomic E-state index is 11.8. The lowest BCUT2D eigenvalue weighted by Crippen LogP contribution is -2.37. The lowest BCUT2D eigenvalue weighted by molar-refractivity contribution is -0.143. The van der Waals surface area contributed by atoms with Gasteiger partial charge in [0.05, 0.1) is 0 Å². The first-order valence-corrected chi connectivity index (χ1v) is 9.02. The molecule has 1 saturated heterocycles. The molecule has 3 rings (SSSR count). The molecular formula is C18H22N2O3S. The quantitative estimate of drug-likeness (QED) is 0.872. The summed E-state index contributed by atoms with van der Waals surface area (Å²) in [4.78, 5) is 17.6. The molecule has 128 valence electrons. The topological polar surface area (TPSA) is 64.0 Å². The lowest BCUT2D eigenvalue weighted by atomic mass is 10.0. The SMILES string of the molecule is O=C(O)C(c1ccc(O)cc1)N1CCCN(Cc2cccs2)CC1. The van der Waals surface area contributed by atoms with Crippen molar-refractivity contribution in [2.75, 3.05) is 26.2 Å². The van der Waals surface area contributed by atoms with Gasteiger partial charge in [-0.3, -0.25) is 14.6 Å². The molecule has 1 fully saturated rings. The number of carbonyl (C=O) groups is 1. The van der Waals surface area contributed by atoms with Crippen LogP contribution in [0.15, 0.2) is 41.8 Å². The van der Waals surface area contributed by atoms with Crippen molar-refractivity contribution in [2.45, 2.75) is 19.0 Å². The van der Waals surface area contributed by atoms with Gasteiger partial charge < -0.3 is 10.2 Å². The second-order valence-electron chi connectivity index (χ2n) is 6.08. The highest BCUT2D eigenvalue weighted by atomic mass is 32.1. The Labute approximate surface area is 145 Å². The van der Waals surface area contributed by atoms with Crippen molar-refractivity contribution in [1.29, 1.82) is 0 Å². The van der Waals surface area contributed by atoms with Crippen molar-refractivity contribution >= 4 is 17.3 Å². The van der Waals surface area contributed by atoms with Crippen molar-refractivity contribution in [3.8, 4) is 5.75 Å². The van der Waals surface area contributed by atoms with Crippen LogP contribution in [0.4, 0.5) is 0 Å². The number of hydrogen-bond donors (Lipinski definition) is 2. The molecule has 0 radical (unpaired) electrons. The number of aromatic hydroxyl groups is 1. The normalized spacial score (nSPS) is 18.2. The van der Waals surface area contributed by atoms with Gasteiger partial charge in [-0.2, -0.15) is 0 Å². The third-order valence-corrected chi connectivity index (χ3v) is 5.25. The molecule has 1 aliphatic rings. The van der Waals surface area contributed by atoms with Gasteiger partial charge in [-0.1, -0.05) is 18.2 Å². The van der Waals surface area contributed by atoms with Crippen LogP contribution in [0.3, 0.4) is 0 Å². The standard InChI is InChI=1S/C18H22N2O3S/c21-15-6-4-14(5-7-15)17(18(22)23)20-9-2-8-19(10-11-20)13-16-3-1-12-24-16/h1,3-7,12,17,21H,2,8-11,13H2,(H,22,23).